The van der Waals surface area contributed by atoms with Crippen LogP contribution < -0.4 is 0 Å². The van der Waals surface area contributed by atoms with E-state index in [1.165, 1.54) is 0 Å². The van der Waals surface area contributed by atoms with Crippen molar-refractivity contribution in [3.63, 3.8) is 0 Å². The van der Waals surface area contributed by atoms with Crippen molar-refractivity contribution in [2.24, 2.45) is 5.92 Å². The number of nitrogens with zero attached hydrogens (tertiary/aromatic N) is 3. The van der Waals surface area contributed by atoms with Gasteiger partial charge >= 0.3 is 0 Å². The first-order valence-corrected chi connectivity index (χ1v) is 7.85. The van der Waals surface area contributed by atoms with Crippen molar-refractivity contribution in [1.29, 1.82) is 0 Å². The number of piperidine rings is 1. The second-order valence-corrected chi connectivity index (χ2v) is 6.27. The maximum Gasteiger partial charge on any atom is 0.231 e. The largest absolute Gasteiger partial charge is 0.469 e. The third kappa shape index (κ3) is 2.42. The lowest BCUT2D eigenvalue weighted by Gasteiger charge is -2.31. The zero-order valence-electron chi connectivity index (χ0n) is 12.6. The average molecular weight is 301 g/mol. The number of hydrogen-bond acceptors (Lipinski definition) is 5. The van der Waals surface area contributed by atoms with Gasteiger partial charge in [-0.25, -0.2) is 0 Å². The van der Waals surface area contributed by atoms with Crippen LogP contribution in [-0.2, 0) is 4.79 Å². The highest BCUT2D eigenvalue weighted by Gasteiger charge is 2.48. The van der Waals surface area contributed by atoms with Gasteiger partial charge in [-0.05, 0) is 38.3 Å². The van der Waals surface area contributed by atoms with Gasteiger partial charge in [0.15, 0.2) is 5.82 Å². The van der Waals surface area contributed by atoms with Crippen molar-refractivity contribution >= 4 is 5.91 Å². The van der Waals surface area contributed by atoms with E-state index in [0.717, 1.165) is 31.6 Å². The molecule has 1 aliphatic heterocycles. The Morgan fingerprint density at radius 3 is 3.09 bits per heavy atom. The van der Waals surface area contributed by atoms with Crippen LogP contribution in [0.3, 0.4) is 0 Å². The fourth-order valence-corrected chi connectivity index (χ4v) is 3.38. The summed E-state index contributed by atoms with van der Waals surface area (Å²) in [6.45, 7) is 3.32. The first-order valence-electron chi connectivity index (χ1n) is 7.85. The first-order chi connectivity index (χ1) is 10.7. The molecule has 0 aromatic carbocycles. The molecule has 2 aromatic rings. The number of carbonyl (C=O) groups excluding carboxylic acids is 1. The van der Waals surface area contributed by atoms with E-state index in [2.05, 4.69) is 10.1 Å². The number of rotatable bonds is 3. The van der Waals surface area contributed by atoms with Gasteiger partial charge in [-0.1, -0.05) is 5.16 Å². The van der Waals surface area contributed by atoms with Crippen LogP contribution in [0.25, 0.3) is 0 Å². The predicted octanol–water partition coefficient (Wildman–Crippen LogP) is 2.48. The molecule has 6 nitrogen and oxygen atoms in total. The zero-order chi connectivity index (χ0) is 15.1. The standard InChI is InChI=1S/C16H19N3O3/c1-10-17-15(22-18-10)11-4-2-6-19(9-11)16(20)13-8-12(13)14-5-3-7-21-14/h3,5,7,11-13H,2,4,6,8-9H2,1H3. The van der Waals surface area contributed by atoms with E-state index < -0.39 is 0 Å². The van der Waals surface area contributed by atoms with Crippen LogP contribution in [0.5, 0.6) is 0 Å². The van der Waals surface area contributed by atoms with Crippen LogP contribution in [0.1, 0.15) is 48.6 Å². The molecule has 3 atom stereocenters. The summed E-state index contributed by atoms with van der Waals surface area (Å²) in [5.41, 5.74) is 0. The molecule has 2 fully saturated rings. The molecule has 4 rings (SSSR count). The maximum absolute atomic E-state index is 12.7. The Bertz CT molecular complexity index is 664. The SMILES string of the molecule is Cc1noc(C2CCCN(C(=O)C3CC3c3ccco3)C2)n1. The molecule has 6 heteroatoms. The molecule has 0 radical (unpaired) electrons. The lowest BCUT2D eigenvalue weighted by molar-refractivity contribution is -0.134. The Morgan fingerprint density at radius 1 is 1.45 bits per heavy atom. The molecule has 2 aromatic heterocycles. The summed E-state index contributed by atoms with van der Waals surface area (Å²) in [5.74, 6) is 2.98. The van der Waals surface area contributed by atoms with Gasteiger partial charge in [-0.3, -0.25) is 4.79 Å². The number of amides is 1. The number of carbonyl (C=O) groups is 1. The van der Waals surface area contributed by atoms with E-state index in [9.17, 15) is 4.79 Å². The summed E-state index contributed by atoms with van der Waals surface area (Å²) in [6, 6.07) is 3.84. The number of likely N-dealkylation sites (tertiary alicyclic amines) is 1. The third-order valence-electron chi connectivity index (χ3n) is 4.64. The van der Waals surface area contributed by atoms with Crippen molar-refractivity contribution in [2.45, 2.75) is 38.0 Å². The lowest BCUT2D eigenvalue weighted by Crippen LogP contribution is -2.40. The summed E-state index contributed by atoms with van der Waals surface area (Å²) in [7, 11) is 0. The molecule has 0 bridgehead atoms. The number of furan rings is 1. The molecule has 3 unspecified atom stereocenters. The van der Waals surface area contributed by atoms with Gasteiger partial charge in [0, 0.05) is 24.9 Å². The molecular weight excluding hydrogens is 282 g/mol. The molecule has 0 spiro atoms. The molecule has 22 heavy (non-hydrogen) atoms. The van der Waals surface area contributed by atoms with E-state index in [1.54, 1.807) is 6.26 Å². The minimum absolute atomic E-state index is 0.0781. The second-order valence-electron chi connectivity index (χ2n) is 6.27. The summed E-state index contributed by atoms with van der Waals surface area (Å²) < 4.78 is 10.7. The van der Waals surface area contributed by atoms with Crippen LogP contribution in [0, 0.1) is 12.8 Å². The monoisotopic (exact) mass is 301 g/mol. The van der Waals surface area contributed by atoms with Gasteiger partial charge in [0.1, 0.15) is 5.76 Å². The third-order valence-corrected chi connectivity index (χ3v) is 4.64. The minimum Gasteiger partial charge on any atom is -0.469 e. The molecule has 0 N–H and O–H groups in total. The Kier molecular flexibility index (Phi) is 3.24. The van der Waals surface area contributed by atoms with Crippen LogP contribution in [-0.4, -0.2) is 34.0 Å². The lowest BCUT2D eigenvalue weighted by atomic mass is 9.97. The van der Waals surface area contributed by atoms with Crippen LogP contribution in [0.2, 0.25) is 0 Å². The number of hydrogen-bond donors (Lipinski definition) is 0. The smallest absolute Gasteiger partial charge is 0.231 e. The fraction of sp³-hybridized carbons (Fsp3) is 0.562. The van der Waals surface area contributed by atoms with Crippen LogP contribution in [0.15, 0.2) is 27.3 Å². The van der Waals surface area contributed by atoms with Gasteiger partial charge in [-0.2, -0.15) is 4.98 Å². The van der Waals surface area contributed by atoms with Gasteiger partial charge in [0.05, 0.1) is 12.2 Å². The Labute approximate surface area is 128 Å². The van der Waals surface area contributed by atoms with E-state index >= 15 is 0 Å². The summed E-state index contributed by atoms with van der Waals surface area (Å²) in [6.07, 6.45) is 4.55. The topological polar surface area (TPSA) is 72.4 Å². The average Bonchev–Trinajstić information content (AvgIpc) is 2.95. The first kappa shape index (κ1) is 13.5. The fourth-order valence-electron chi connectivity index (χ4n) is 3.38. The van der Waals surface area contributed by atoms with Gasteiger partial charge in [0.2, 0.25) is 11.8 Å². The predicted molar refractivity (Wildman–Crippen MR) is 77.1 cm³/mol. The second kappa shape index (κ2) is 5.26. The molecule has 116 valence electrons. The van der Waals surface area contributed by atoms with E-state index in [4.69, 9.17) is 8.94 Å². The minimum atomic E-state index is 0.0781. The summed E-state index contributed by atoms with van der Waals surface area (Å²) in [5, 5.41) is 3.85. The van der Waals surface area contributed by atoms with Crippen molar-refractivity contribution in [3.05, 3.63) is 35.9 Å². The van der Waals surface area contributed by atoms with E-state index in [1.807, 2.05) is 24.0 Å². The molecule has 2 aliphatic rings. The molecule has 1 saturated heterocycles. The van der Waals surface area contributed by atoms with Crippen LogP contribution >= 0.6 is 0 Å². The van der Waals surface area contributed by atoms with Crippen molar-refractivity contribution < 1.29 is 13.7 Å². The van der Waals surface area contributed by atoms with Crippen molar-refractivity contribution in [1.82, 2.24) is 15.0 Å². The highest BCUT2D eigenvalue weighted by atomic mass is 16.5. The normalized spacial score (nSPS) is 27.9. The van der Waals surface area contributed by atoms with Crippen molar-refractivity contribution in [3.8, 4) is 0 Å². The Balaban J connectivity index is 1.41. The van der Waals surface area contributed by atoms with E-state index in [0.29, 0.717) is 18.3 Å². The Hall–Kier alpha value is -2.11. The highest BCUT2D eigenvalue weighted by molar-refractivity contribution is 5.83. The number of aryl methyl sites for hydroxylation is 1. The number of aromatic nitrogens is 2. The maximum atomic E-state index is 12.7. The molecule has 1 saturated carbocycles. The van der Waals surface area contributed by atoms with Gasteiger partial charge in [0.25, 0.3) is 0 Å². The molecule has 1 aliphatic carbocycles. The molecule has 1 amide bonds. The quantitative estimate of drug-likeness (QED) is 0.871. The highest BCUT2D eigenvalue weighted by Crippen LogP contribution is 2.49. The molecular formula is C16H19N3O3. The molecule has 3 heterocycles. The van der Waals surface area contributed by atoms with Gasteiger partial charge in [-0.15, -0.1) is 0 Å². The summed E-state index contributed by atoms with van der Waals surface area (Å²) in [4.78, 5) is 18.9. The summed E-state index contributed by atoms with van der Waals surface area (Å²) >= 11 is 0. The van der Waals surface area contributed by atoms with Crippen molar-refractivity contribution in [2.75, 3.05) is 13.1 Å². The van der Waals surface area contributed by atoms with Gasteiger partial charge < -0.3 is 13.8 Å². The van der Waals surface area contributed by atoms with E-state index in [-0.39, 0.29) is 23.7 Å². The zero-order valence-corrected chi connectivity index (χ0v) is 12.6. The Morgan fingerprint density at radius 2 is 2.36 bits per heavy atom. The van der Waals surface area contributed by atoms with Crippen LogP contribution in [0.4, 0.5) is 0 Å².